The number of aryl methyl sites for hydroxylation is 1. The van der Waals surface area contributed by atoms with Gasteiger partial charge in [-0.2, -0.15) is 0 Å². The molecule has 0 N–H and O–H groups in total. The Bertz CT molecular complexity index is 1070. The van der Waals surface area contributed by atoms with Gasteiger partial charge in [0.15, 0.2) is 5.65 Å². The van der Waals surface area contributed by atoms with E-state index in [1.807, 2.05) is 36.4 Å². The summed E-state index contributed by atoms with van der Waals surface area (Å²) in [5.74, 6) is 1.40. The van der Waals surface area contributed by atoms with Crippen molar-refractivity contribution in [1.82, 2.24) is 19.7 Å². The van der Waals surface area contributed by atoms with Gasteiger partial charge in [0.05, 0.1) is 17.1 Å². The zero-order valence-corrected chi connectivity index (χ0v) is 15.8. The molecule has 0 saturated carbocycles. The Morgan fingerprint density at radius 3 is 2.73 bits per heavy atom. The van der Waals surface area contributed by atoms with Crippen LogP contribution in [0.2, 0.25) is 5.02 Å². The van der Waals surface area contributed by atoms with Crippen molar-refractivity contribution in [1.29, 1.82) is 0 Å². The second-order valence-corrected chi connectivity index (χ2v) is 7.12. The highest BCUT2D eigenvalue weighted by Gasteiger charge is 2.13. The van der Waals surface area contributed by atoms with Gasteiger partial charge < -0.3 is 9.30 Å². The molecule has 2 heterocycles. The minimum Gasteiger partial charge on any atom is -0.491 e. The summed E-state index contributed by atoms with van der Waals surface area (Å²) in [5.41, 5.74) is 2.85. The van der Waals surface area contributed by atoms with E-state index in [0.717, 1.165) is 28.6 Å². The molecule has 5 nitrogen and oxygen atoms in total. The molecule has 0 amide bonds. The van der Waals surface area contributed by atoms with Gasteiger partial charge in [-0.3, -0.25) is 0 Å². The van der Waals surface area contributed by atoms with E-state index in [1.165, 1.54) is 11.8 Å². The van der Waals surface area contributed by atoms with Crippen molar-refractivity contribution in [2.24, 2.45) is 0 Å². The fourth-order valence-corrected chi connectivity index (χ4v) is 3.71. The number of hydrogen-bond donors (Lipinski definition) is 0. The van der Waals surface area contributed by atoms with E-state index >= 15 is 0 Å². The van der Waals surface area contributed by atoms with Gasteiger partial charge in [0.25, 0.3) is 0 Å². The average Bonchev–Trinajstić information content (AvgIpc) is 2.99. The number of rotatable bonds is 6. The molecule has 0 radical (unpaired) electrons. The van der Waals surface area contributed by atoms with E-state index < -0.39 is 0 Å². The van der Waals surface area contributed by atoms with Gasteiger partial charge in [0.2, 0.25) is 5.16 Å². The number of fused-ring (bicyclic) bond motifs is 3. The van der Waals surface area contributed by atoms with Crippen molar-refractivity contribution in [2.45, 2.75) is 18.6 Å². The quantitative estimate of drug-likeness (QED) is 0.352. The van der Waals surface area contributed by atoms with Gasteiger partial charge in [-0.25, -0.2) is 4.98 Å². The molecule has 2 aromatic carbocycles. The first-order valence-electron chi connectivity index (χ1n) is 8.39. The smallest absolute Gasteiger partial charge is 0.211 e. The number of nitrogens with zero attached hydrogens (tertiary/aromatic N) is 4. The minimum atomic E-state index is 0.520. The lowest BCUT2D eigenvalue weighted by molar-refractivity contribution is 0.344. The molecule has 26 heavy (non-hydrogen) atoms. The molecule has 0 fully saturated rings. The molecule has 7 heteroatoms. The molecule has 0 aliphatic carbocycles. The Kier molecular flexibility index (Phi) is 4.95. The third-order valence-corrected chi connectivity index (χ3v) is 5.19. The second kappa shape index (κ2) is 7.51. The Morgan fingerprint density at radius 2 is 1.88 bits per heavy atom. The second-order valence-electron chi connectivity index (χ2n) is 5.66. The summed E-state index contributed by atoms with van der Waals surface area (Å²) < 4.78 is 7.88. The maximum absolute atomic E-state index is 6.09. The first kappa shape index (κ1) is 17.1. The van der Waals surface area contributed by atoms with E-state index in [2.05, 4.69) is 33.8 Å². The molecule has 0 saturated heterocycles. The monoisotopic (exact) mass is 384 g/mol. The molecule has 4 aromatic rings. The number of benzene rings is 2. The predicted octanol–water partition coefficient (Wildman–Crippen LogP) is 4.82. The molecular formula is C19H17ClN4OS. The van der Waals surface area contributed by atoms with Crippen LogP contribution in [-0.2, 0) is 6.54 Å². The van der Waals surface area contributed by atoms with Crippen LogP contribution in [0.3, 0.4) is 0 Å². The zero-order chi connectivity index (χ0) is 17.9. The summed E-state index contributed by atoms with van der Waals surface area (Å²) in [4.78, 5) is 4.72. The molecule has 0 atom stereocenters. The highest BCUT2D eigenvalue weighted by molar-refractivity contribution is 7.99. The summed E-state index contributed by atoms with van der Waals surface area (Å²) in [6.45, 7) is 3.47. The molecular weight excluding hydrogens is 368 g/mol. The van der Waals surface area contributed by atoms with Gasteiger partial charge in [-0.15, -0.1) is 10.2 Å². The highest BCUT2D eigenvalue weighted by Crippen LogP contribution is 2.27. The van der Waals surface area contributed by atoms with Crippen LogP contribution >= 0.6 is 23.4 Å². The molecule has 0 spiro atoms. The molecule has 0 unspecified atom stereocenters. The molecule has 0 aliphatic heterocycles. The van der Waals surface area contributed by atoms with Crippen LogP contribution in [0.1, 0.15) is 6.92 Å². The van der Waals surface area contributed by atoms with Crippen LogP contribution in [0.15, 0.2) is 53.7 Å². The number of halogens is 1. The number of thioether (sulfide) groups is 1. The van der Waals surface area contributed by atoms with Crippen LogP contribution in [0, 0.1) is 0 Å². The van der Waals surface area contributed by atoms with E-state index in [1.54, 1.807) is 0 Å². The highest BCUT2D eigenvalue weighted by atomic mass is 35.5. The SMILES string of the molecule is CCn1c2ccccc2c2nnc(SCCOc3ccccc3Cl)nc21. The largest absolute Gasteiger partial charge is 0.491 e. The summed E-state index contributed by atoms with van der Waals surface area (Å²) >= 11 is 7.61. The molecule has 132 valence electrons. The number of hydrogen-bond acceptors (Lipinski definition) is 5. The van der Waals surface area contributed by atoms with Gasteiger partial charge >= 0.3 is 0 Å². The van der Waals surface area contributed by atoms with Crippen molar-refractivity contribution in [3.05, 3.63) is 53.6 Å². The molecule has 2 aromatic heterocycles. The Hall–Kier alpha value is -2.31. The fraction of sp³-hybridized carbons (Fsp3) is 0.211. The van der Waals surface area contributed by atoms with Gasteiger partial charge in [-0.05, 0) is 25.1 Å². The third kappa shape index (κ3) is 3.22. The van der Waals surface area contributed by atoms with Gasteiger partial charge in [-0.1, -0.05) is 53.7 Å². The van der Waals surface area contributed by atoms with E-state index in [4.69, 9.17) is 21.3 Å². The van der Waals surface area contributed by atoms with Crippen molar-refractivity contribution in [3.63, 3.8) is 0 Å². The average molecular weight is 385 g/mol. The van der Waals surface area contributed by atoms with Crippen molar-refractivity contribution < 1.29 is 4.74 Å². The lowest BCUT2D eigenvalue weighted by Gasteiger charge is -2.07. The van der Waals surface area contributed by atoms with Gasteiger partial charge in [0.1, 0.15) is 11.3 Å². The Balaban J connectivity index is 1.51. The van der Waals surface area contributed by atoms with Crippen molar-refractivity contribution >= 4 is 45.4 Å². The Morgan fingerprint density at radius 1 is 1.08 bits per heavy atom. The van der Waals surface area contributed by atoms with Crippen LogP contribution in [0.5, 0.6) is 5.75 Å². The van der Waals surface area contributed by atoms with Crippen LogP contribution in [0.25, 0.3) is 22.1 Å². The lowest BCUT2D eigenvalue weighted by Crippen LogP contribution is -2.03. The number of aromatic nitrogens is 4. The van der Waals surface area contributed by atoms with Crippen molar-refractivity contribution in [2.75, 3.05) is 12.4 Å². The predicted molar refractivity (Wildman–Crippen MR) is 106 cm³/mol. The maximum atomic E-state index is 6.09. The third-order valence-electron chi connectivity index (χ3n) is 4.08. The number of para-hydroxylation sites is 2. The first-order chi connectivity index (χ1) is 12.8. The van der Waals surface area contributed by atoms with Gasteiger partial charge in [0, 0.05) is 17.7 Å². The van der Waals surface area contributed by atoms with Crippen molar-refractivity contribution in [3.8, 4) is 5.75 Å². The standard InChI is InChI=1S/C19H17ClN4OS/c1-2-24-15-9-5-3-7-13(15)17-18(24)21-19(23-22-17)26-12-11-25-16-10-6-4-8-14(16)20/h3-10H,2,11-12H2,1H3. The molecule has 4 rings (SSSR count). The molecule has 0 bridgehead atoms. The van der Waals surface area contributed by atoms with Crippen LogP contribution in [0.4, 0.5) is 0 Å². The van der Waals surface area contributed by atoms with Crippen LogP contribution < -0.4 is 4.74 Å². The normalized spacial score (nSPS) is 11.3. The zero-order valence-electron chi connectivity index (χ0n) is 14.2. The molecule has 0 aliphatic rings. The summed E-state index contributed by atoms with van der Waals surface area (Å²) in [5, 5.41) is 11.0. The number of ether oxygens (including phenoxy) is 1. The maximum Gasteiger partial charge on any atom is 0.211 e. The first-order valence-corrected chi connectivity index (χ1v) is 9.76. The Labute approximate surface area is 160 Å². The minimum absolute atomic E-state index is 0.520. The van der Waals surface area contributed by atoms with Crippen LogP contribution in [-0.4, -0.2) is 32.1 Å². The summed E-state index contributed by atoms with van der Waals surface area (Å²) in [7, 11) is 0. The summed E-state index contributed by atoms with van der Waals surface area (Å²) in [6, 6.07) is 15.6. The summed E-state index contributed by atoms with van der Waals surface area (Å²) in [6.07, 6.45) is 0. The fourth-order valence-electron chi connectivity index (χ4n) is 2.92. The topological polar surface area (TPSA) is 52.8 Å². The van der Waals surface area contributed by atoms with E-state index in [0.29, 0.717) is 28.3 Å². The van der Waals surface area contributed by atoms with E-state index in [-0.39, 0.29) is 0 Å². The lowest BCUT2D eigenvalue weighted by atomic mass is 10.2. The van der Waals surface area contributed by atoms with E-state index in [9.17, 15) is 0 Å².